The second-order valence-electron chi connectivity index (χ2n) is 3.09. The fourth-order valence-electron chi connectivity index (χ4n) is 0.902. The molecule has 1 aromatic heterocycles. The van der Waals surface area contributed by atoms with E-state index in [4.69, 9.17) is 4.42 Å². The molecule has 0 bridgehead atoms. The van der Waals surface area contributed by atoms with Crippen molar-refractivity contribution in [3.8, 4) is 0 Å². The van der Waals surface area contributed by atoms with Crippen molar-refractivity contribution in [1.82, 2.24) is 10.2 Å². The maximum absolute atomic E-state index is 5.37. The van der Waals surface area contributed by atoms with Crippen molar-refractivity contribution in [1.29, 1.82) is 0 Å². The Morgan fingerprint density at radius 1 is 1.36 bits per heavy atom. The van der Waals surface area contributed by atoms with Crippen molar-refractivity contribution in [3.63, 3.8) is 0 Å². The summed E-state index contributed by atoms with van der Waals surface area (Å²) in [6.45, 7) is 0. The molecule has 1 fully saturated rings. The van der Waals surface area contributed by atoms with Crippen LogP contribution in [0.4, 0.5) is 6.01 Å². The highest BCUT2D eigenvalue weighted by atomic mass is 16.4. The first-order chi connectivity index (χ1) is 5.27. The van der Waals surface area contributed by atoms with Gasteiger partial charge in [0.25, 0.3) is 0 Å². The molecule has 0 aromatic carbocycles. The van der Waals surface area contributed by atoms with Gasteiger partial charge in [-0.1, -0.05) is 5.10 Å². The quantitative estimate of drug-likeness (QED) is 0.636. The summed E-state index contributed by atoms with van der Waals surface area (Å²) in [6, 6.07) is 0.604. The van der Waals surface area contributed by atoms with Crippen LogP contribution in [0.25, 0.3) is 0 Å². The summed E-state index contributed by atoms with van der Waals surface area (Å²) in [5, 5.41) is 7.83. The summed E-state index contributed by atoms with van der Waals surface area (Å²) in [7, 11) is 3.79. The molecule has 0 N–H and O–H groups in total. The van der Waals surface area contributed by atoms with Crippen LogP contribution in [0.1, 0.15) is 24.7 Å². The smallest absolute Gasteiger partial charge is 0.317 e. The molecule has 1 saturated carbocycles. The largest absolute Gasteiger partial charge is 0.408 e. The normalized spacial score (nSPS) is 16.9. The number of rotatable bonds is 2. The Hall–Kier alpha value is -1.06. The van der Waals surface area contributed by atoms with E-state index < -0.39 is 0 Å². The Morgan fingerprint density at radius 3 is 2.55 bits per heavy atom. The Morgan fingerprint density at radius 2 is 2.09 bits per heavy atom. The molecular formula is C7H11N3O. The van der Waals surface area contributed by atoms with E-state index in [-0.39, 0.29) is 0 Å². The monoisotopic (exact) mass is 153 g/mol. The second kappa shape index (κ2) is 2.22. The Balaban J connectivity index is 2.18. The minimum atomic E-state index is 0.552. The molecule has 0 aliphatic heterocycles. The summed E-state index contributed by atoms with van der Waals surface area (Å²) in [4.78, 5) is 1.82. The van der Waals surface area contributed by atoms with E-state index in [0.717, 1.165) is 5.89 Å². The van der Waals surface area contributed by atoms with Gasteiger partial charge in [-0.15, -0.1) is 5.10 Å². The molecule has 0 spiro atoms. The van der Waals surface area contributed by atoms with Crippen LogP contribution in [0.3, 0.4) is 0 Å². The van der Waals surface area contributed by atoms with Gasteiger partial charge < -0.3 is 9.32 Å². The fourth-order valence-corrected chi connectivity index (χ4v) is 0.902. The number of hydrogen-bond acceptors (Lipinski definition) is 4. The molecule has 4 heteroatoms. The van der Waals surface area contributed by atoms with Crippen molar-refractivity contribution >= 4 is 6.01 Å². The van der Waals surface area contributed by atoms with Crippen LogP contribution in [0.2, 0.25) is 0 Å². The van der Waals surface area contributed by atoms with Gasteiger partial charge >= 0.3 is 6.01 Å². The molecule has 0 unspecified atom stereocenters. The summed E-state index contributed by atoms with van der Waals surface area (Å²) < 4.78 is 5.37. The molecule has 0 amide bonds. The first-order valence-electron chi connectivity index (χ1n) is 3.78. The molecular weight excluding hydrogens is 142 g/mol. The number of aromatic nitrogens is 2. The van der Waals surface area contributed by atoms with Crippen LogP contribution >= 0.6 is 0 Å². The lowest BCUT2D eigenvalue weighted by atomic mass is 10.4. The van der Waals surface area contributed by atoms with Crippen LogP contribution in [-0.2, 0) is 0 Å². The molecule has 0 radical (unpaired) electrons. The molecule has 11 heavy (non-hydrogen) atoms. The Labute approximate surface area is 65.2 Å². The van der Waals surface area contributed by atoms with E-state index in [2.05, 4.69) is 10.2 Å². The molecule has 0 atom stereocenters. The lowest BCUT2D eigenvalue weighted by molar-refractivity contribution is 0.497. The van der Waals surface area contributed by atoms with Gasteiger partial charge in [0.2, 0.25) is 5.89 Å². The van der Waals surface area contributed by atoms with E-state index >= 15 is 0 Å². The number of hydrogen-bond donors (Lipinski definition) is 0. The molecule has 60 valence electrons. The van der Waals surface area contributed by atoms with Gasteiger partial charge in [-0.05, 0) is 12.8 Å². The van der Waals surface area contributed by atoms with Gasteiger partial charge in [-0.3, -0.25) is 0 Å². The highest BCUT2D eigenvalue weighted by Crippen LogP contribution is 2.39. The Kier molecular flexibility index (Phi) is 1.34. The van der Waals surface area contributed by atoms with Gasteiger partial charge in [0.05, 0.1) is 0 Å². The third-order valence-electron chi connectivity index (χ3n) is 1.74. The maximum atomic E-state index is 5.37. The van der Waals surface area contributed by atoms with E-state index in [9.17, 15) is 0 Å². The zero-order valence-corrected chi connectivity index (χ0v) is 6.74. The van der Waals surface area contributed by atoms with E-state index in [1.807, 2.05) is 19.0 Å². The van der Waals surface area contributed by atoms with Gasteiger partial charge in [0.15, 0.2) is 0 Å². The fraction of sp³-hybridized carbons (Fsp3) is 0.714. The third kappa shape index (κ3) is 1.20. The molecule has 1 aliphatic rings. The van der Waals surface area contributed by atoms with E-state index in [0.29, 0.717) is 11.9 Å². The van der Waals surface area contributed by atoms with Crippen molar-refractivity contribution in [2.75, 3.05) is 19.0 Å². The van der Waals surface area contributed by atoms with Crippen LogP contribution < -0.4 is 4.90 Å². The van der Waals surface area contributed by atoms with Crippen molar-refractivity contribution < 1.29 is 4.42 Å². The molecule has 0 saturated heterocycles. The molecule has 1 heterocycles. The van der Waals surface area contributed by atoms with E-state index in [1.54, 1.807) is 0 Å². The van der Waals surface area contributed by atoms with Crippen LogP contribution in [0, 0.1) is 0 Å². The minimum Gasteiger partial charge on any atom is -0.408 e. The van der Waals surface area contributed by atoms with E-state index in [1.165, 1.54) is 12.8 Å². The van der Waals surface area contributed by atoms with Gasteiger partial charge in [-0.2, -0.15) is 0 Å². The highest BCUT2D eigenvalue weighted by molar-refractivity contribution is 5.20. The lowest BCUT2D eigenvalue weighted by Gasteiger charge is -2.02. The topological polar surface area (TPSA) is 42.2 Å². The average molecular weight is 153 g/mol. The van der Waals surface area contributed by atoms with Gasteiger partial charge in [-0.25, -0.2) is 0 Å². The predicted molar refractivity (Wildman–Crippen MR) is 40.6 cm³/mol. The zero-order chi connectivity index (χ0) is 7.84. The molecule has 2 rings (SSSR count). The third-order valence-corrected chi connectivity index (χ3v) is 1.74. The summed E-state index contributed by atoms with van der Waals surface area (Å²) >= 11 is 0. The molecule has 4 nitrogen and oxygen atoms in total. The van der Waals surface area contributed by atoms with Crippen LogP contribution in [-0.4, -0.2) is 24.3 Å². The van der Waals surface area contributed by atoms with Gasteiger partial charge in [0.1, 0.15) is 0 Å². The number of anilines is 1. The van der Waals surface area contributed by atoms with Gasteiger partial charge in [0, 0.05) is 20.0 Å². The van der Waals surface area contributed by atoms with Crippen LogP contribution in [0.5, 0.6) is 0 Å². The first-order valence-corrected chi connectivity index (χ1v) is 3.78. The second-order valence-corrected chi connectivity index (χ2v) is 3.09. The summed E-state index contributed by atoms with van der Waals surface area (Å²) in [5.74, 6) is 1.35. The van der Waals surface area contributed by atoms with Crippen LogP contribution in [0.15, 0.2) is 4.42 Å². The lowest BCUT2D eigenvalue weighted by Crippen LogP contribution is -2.08. The highest BCUT2D eigenvalue weighted by Gasteiger charge is 2.29. The minimum absolute atomic E-state index is 0.552. The average Bonchev–Trinajstić information content (AvgIpc) is 2.68. The summed E-state index contributed by atoms with van der Waals surface area (Å²) in [6.07, 6.45) is 2.41. The van der Waals surface area contributed by atoms with Crippen molar-refractivity contribution in [2.24, 2.45) is 0 Å². The van der Waals surface area contributed by atoms with Crippen molar-refractivity contribution in [2.45, 2.75) is 18.8 Å². The Bertz CT molecular complexity index is 235. The maximum Gasteiger partial charge on any atom is 0.317 e. The zero-order valence-electron chi connectivity index (χ0n) is 6.74. The SMILES string of the molecule is CN(C)c1nnc(C2CC2)o1. The predicted octanol–water partition coefficient (Wildman–Crippen LogP) is 1.01. The molecule has 1 aliphatic carbocycles. The first kappa shape index (κ1) is 6.64. The summed E-state index contributed by atoms with van der Waals surface area (Å²) in [5.41, 5.74) is 0. The number of nitrogens with zero attached hydrogens (tertiary/aromatic N) is 3. The molecule has 1 aromatic rings. The van der Waals surface area contributed by atoms with Crippen molar-refractivity contribution in [3.05, 3.63) is 5.89 Å². The standard InChI is InChI=1S/C7H11N3O/c1-10(2)7-9-8-6(11-7)5-3-4-5/h5H,3-4H2,1-2H3.